The van der Waals surface area contributed by atoms with Gasteiger partial charge in [-0.15, -0.1) is 0 Å². The molecule has 1 amide bonds. The van der Waals surface area contributed by atoms with Gasteiger partial charge in [-0.1, -0.05) is 0 Å². The van der Waals surface area contributed by atoms with Gasteiger partial charge in [-0.2, -0.15) is 0 Å². The van der Waals surface area contributed by atoms with Crippen LogP contribution in [0.25, 0.3) is 0 Å². The summed E-state index contributed by atoms with van der Waals surface area (Å²) in [5.41, 5.74) is 7.13. The highest BCUT2D eigenvalue weighted by atomic mass is 16.2. The standard InChI is InChI=1S/C15H23N3O/c1-10-4-5-11(2)18(10)12(3)15(19)17-14-8-6-13(16)7-9-14/h6-12H,4-5,16H2,1-3H3,(H,17,19). The van der Waals surface area contributed by atoms with Gasteiger partial charge in [0.2, 0.25) is 5.91 Å². The number of amides is 1. The van der Waals surface area contributed by atoms with Crippen LogP contribution in [0.15, 0.2) is 24.3 Å². The molecule has 0 spiro atoms. The van der Waals surface area contributed by atoms with Gasteiger partial charge < -0.3 is 11.1 Å². The third kappa shape index (κ3) is 3.07. The van der Waals surface area contributed by atoms with Crippen LogP contribution in [0.5, 0.6) is 0 Å². The van der Waals surface area contributed by atoms with Gasteiger partial charge in [0.15, 0.2) is 0 Å². The van der Waals surface area contributed by atoms with Crippen molar-refractivity contribution in [2.45, 2.75) is 51.7 Å². The van der Waals surface area contributed by atoms with Crippen LogP contribution >= 0.6 is 0 Å². The van der Waals surface area contributed by atoms with E-state index in [0.29, 0.717) is 17.8 Å². The van der Waals surface area contributed by atoms with Gasteiger partial charge in [0.05, 0.1) is 6.04 Å². The average molecular weight is 261 g/mol. The Bertz CT molecular complexity index is 433. The molecule has 0 radical (unpaired) electrons. The maximum atomic E-state index is 12.3. The maximum Gasteiger partial charge on any atom is 0.241 e. The Balaban J connectivity index is 2.01. The van der Waals surface area contributed by atoms with E-state index < -0.39 is 0 Å². The lowest BCUT2D eigenvalue weighted by atomic mass is 10.2. The molecule has 3 N–H and O–H groups in total. The topological polar surface area (TPSA) is 58.4 Å². The molecule has 19 heavy (non-hydrogen) atoms. The molecule has 1 aromatic rings. The number of nitrogens with zero attached hydrogens (tertiary/aromatic N) is 1. The number of hydrogen-bond donors (Lipinski definition) is 2. The average Bonchev–Trinajstić information content (AvgIpc) is 2.71. The van der Waals surface area contributed by atoms with Crippen LogP contribution in [-0.4, -0.2) is 28.9 Å². The minimum atomic E-state index is -0.106. The molecule has 4 nitrogen and oxygen atoms in total. The highest BCUT2D eigenvalue weighted by Gasteiger charge is 2.34. The number of benzene rings is 1. The summed E-state index contributed by atoms with van der Waals surface area (Å²) in [4.78, 5) is 14.6. The summed E-state index contributed by atoms with van der Waals surface area (Å²) >= 11 is 0. The van der Waals surface area contributed by atoms with Crippen molar-refractivity contribution in [1.82, 2.24) is 4.90 Å². The summed E-state index contributed by atoms with van der Waals surface area (Å²) in [5, 5.41) is 2.95. The Kier molecular flexibility index (Phi) is 4.10. The Morgan fingerprint density at radius 3 is 2.32 bits per heavy atom. The van der Waals surface area contributed by atoms with Crippen molar-refractivity contribution >= 4 is 17.3 Å². The molecule has 3 unspecified atom stereocenters. The first kappa shape index (κ1) is 13.9. The molecule has 1 heterocycles. The van der Waals surface area contributed by atoms with E-state index in [4.69, 9.17) is 5.73 Å². The molecule has 1 fully saturated rings. The molecule has 3 atom stereocenters. The predicted octanol–water partition coefficient (Wildman–Crippen LogP) is 2.47. The minimum Gasteiger partial charge on any atom is -0.399 e. The van der Waals surface area contributed by atoms with Crippen LogP contribution in [0, 0.1) is 0 Å². The molecule has 1 aromatic carbocycles. The Morgan fingerprint density at radius 1 is 1.26 bits per heavy atom. The quantitative estimate of drug-likeness (QED) is 0.822. The lowest BCUT2D eigenvalue weighted by Crippen LogP contribution is -2.46. The van der Waals surface area contributed by atoms with Crippen LogP contribution in [0.4, 0.5) is 11.4 Å². The van der Waals surface area contributed by atoms with Crippen molar-refractivity contribution in [3.8, 4) is 0 Å². The van der Waals surface area contributed by atoms with Crippen molar-refractivity contribution in [2.24, 2.45) is 0 Å². The number of rotatable bonds is 3. The molecular formula is C15H23N3O. The van der Waals surface area contributed by atoms with Crippen LogP contribution in [0.2, 0.25) is 0 Å². The Labute approximate surface area is 115 Å². The number of carbonyl (C=O) groups is 1. The van der Waals surface area contributed by atoms with Gasteiger partial charge in [0, 0.05) is 23.5 Å². The first-order valence-electron chi connectivity index (χ1n) is 6.93. The smallest absolute Gasteiger partial charge is 0.241 e. The second-order valence-corrected chi connectivity index (χ2v) is 5.51. The first-order chi connectivity index (χ1) is 8.99. The van der Waals surface area contributed by atoms with Crippen molar-refractivity contribution in [3.63, 3.8) is 0 Å². The van der Waals surface area contributed by atoms with Crippen molar-refractivity contribution in [1.29, 1.82) is 0 Å². The number of nitrogens with two attached hydrogens (primary N) is 1. The van der Waals surface area contributed by atoms with Crippen LogP contribution in [0.1, 0.15) is 33.6 Å². The molecule has 0 aliphatic carbocycles. The molecule has 0 aromatic heterocycles. The van der Waals surface area contributed by atoms with Crippen LogP contribution < -0.4 is 11.1 Å². The van der Waals surface area contributed by atoms with E-state index in [1.165, 1.54) is 12.8 Å². The molecule has 1 saturated heterocycles. The van der Waals surface area contributed by atoms with Gasteiger partial charge in [0.1, 0.15) is 0 Å². The number of anilines is 2. The molecule has 0 bridgehead atoms. The minimum absolute atomic E-state index is 0.0466. The Morgan fingerprint density at radius 2 is 1.79 bits per heavy atom. The van der Waals surface area contributed by atoms with Crippen molar-refractivity contribution in [2.75, 3.05) is 11.1 Å². The van der Waals surface area contributed by atoms with Gasteiger partial charge in [-0.05, 0) is 57.9 Å². The van der Waals surface area contributed by atoms with Crippen molar-refractivity contribution < 1.29 is 4.79 Å². The predicted molar refractivity (Wildman–Crippen MR) is 78.9 cm³/mol. The summed E-state index contributed by atoms with van der Waals surface area (Å²) in [6, 6.07) is 8.09. The summed E-state index contributed by atoms with van der Waals surface area (Å²) in [5.74, 6) is 0.0466. The summed E-state index contributed by atoms with van der Waals surface area (Å²) in [6.07, 6.45) is 2.33. The van der Waals surface area contributed by atoms with E-state index in [1.54, 1.807) is 12.1 Å². The van der Waals surface area contributed by atoms with E-state index in [1.807, 2.05) is 19.1 Å². The molecule has 2 rings (SSSR count). The largest absolute Gasteiger partial charge is 0.399 e. The molecular weight excluding hydrogens is 238 g/mol. The van der Waals surface area contributed by atoms with Gasteiger partial charge in [-0.25, -0.2) is 0 Å². The molecule has 1 aliphatic heterocycles. The van der Waals surface area contributed by atoms with Crippen LogP contribution in [-0.2, 0) is 4.79 Å². The van der Waals surface area contributed by atoms with E-state index in [9.17, 15) is 4.79 Å². The zero-order chi connectivity index (χ0) is 14.0. The van der Waals surface area contributed by atoms with E-state index in [0.717, 1.165) is 5.69 Å². The third-order valence-corrected chi connectivity index (χ3v) is 4.03. The summed E-state index contributed by atoms with van der Waals surface area (Å²) < 4.78 is 0. The fourth-order valence-electron chi connectivity index (χ4n) is 2.93. The highest BCUT2D eigenvalue weighted by Crippen LogP contribution is 2.26. The highest BCUT2D eigenvalue weighted by molar-refractivity contribution is 5.94. The number of likely N-dealkylation sites (tertiary alicyclic amines) is 1. The fourth-order valence-corrected chi connectivity index (χ4v) is 2.93. The third-order valence-electron chi connectivity index (χ3n) is 4.03. The zero-order valence-electron chi connectivity index (χ0n) is 11.9. The Hall–Kier alpha value is -1.55. The molecule has 0 saturated carbocycles. The number of hydrogen-bond acceptors (Lipinski definition) is 3. The second kappa shape index (κ2) is 5.61. The molecule has 4 heteroatoms. The molecule has 1 aliphatic rings. The monoisotopic (exact) mass is 261 g/mol. The van der Waals surface area contributed by atoms with E-state index >= 15 is 0 Å². The first-order valence-corrected chi connectivity index (χ1v) is 6.93. The molecule has 104 valence electrons. The normalized spacial score (nSPS) is 25.2. The van der Waals surface area contributed by atoms with Gasteiger partial charge in [0.25, 0.3) is 0 Å². The van der Waals surface area contributed by atoms with Gasteiger partial charge in [-0.3, -0.25) is 9.69 Å². The zero-order valence-corrected chi connectivity index (χ0v) is 11.9. The lowest BCUT2D eigenvalue weighted by Gasteiger charge is -2.31. The van der Waals surface area contributed by atoms with E-state index in [-0.39, 0.29) is 11.9 Å². The SMILES string of the molecule is CC1CCC(C)N1C(C)C(=O)Nc1ccc(N)cc1. The summed E-state index contributed by atoms with van der Waals surface area (Å²) in [6.45, 7) is 6.36. The summed E-state index contributed by atoms with van der Waals surface area (Å²) in [7, 11) is 0. The fraction of sp³-hybridized carbons (Fsp3) is 0.533. The second-order valence-electron chi connectivity index (χ2n) is 5.51. The maximum absolute atomic E-state index is 12.3. The lowest BCUT2D eigenvalue weighted by molar-refractivity contribution is -0.121. The van der Waals surface area contributed by atoms with Gasteiger partial charge >= 0.3 is 0 Å². The number of nitrogen functional groups attached to an aromatic ring is 1. The number of nitrogens with one attached hydrogen (secondary N) is 1. The van der Waals surface area contributed by atoms with E-state index in [2.05, 4.69) is 24.1 Å². The number of carbonyl (C=O) groups excluding carboxylic acids is 1. The van der Waals surface area contributed by atoms with Crippen molar-refractivity contribution in [3.05, 3.63) is 24.3 Å². The van der Waals surface area contributed by atoms with Crippen LogP contribution in [0.3, 0.4) is 0 Å².